The third-order valence-corrected chi connectivity index (χ3v) is 7.31. The minimum Gasteiger partial charge on any atom is -0.357 e. The summed E-state index contributed by atoms with van der Waals surface area (Å²) in [6.45, 7) is 4.91. The minimum absolute atomic E-state index is 0.105. The summed E-state index contributed by atoms with van der Waals surface area (Å²) >= 11 is 5.99. The molecule has 0 saturated carbocycles. The summed E-state index contributed by atoms with van der Waals surface area (Å²) in [7, 11) is 1.87. The van der Waals surface area contributed by atoms with E-state index in [1.165, 1.54) is 31.2 Å². The topological polar surface area (TPSA) is 66.3 Å². The van der Waals surface area contributed by atoms with Crippen molar-refractivity contribution in [2.24, 2.45) is 7.05 Å². The Labute approximate surface area is 206 Å². The molecule has 7 nitrogen and oxygen atoms in total. The third-order valence-electron chi connectivity index (χ3n) is 7.06. The zero-order valence-corrected chi connectivity index (χ0v) is 20.6. The smallest absolute Gasteiger partial charge is 0.272 e. The highest BCUT2D eigenvalue weighted by atomic mass is 35.5. The van der Waals surface area contributed by atoms with Crippen LogP contribution >= 0.6 is 11.6 Å². The highest BCUT2D eigenvalue weighted by Gasteiger charge is 2.24. The summed E-state index contributed by atoms with van der Waals surface area (Å²) in [6, 6.07) is 12.2. The molecule has 1 amide bonds. The van der Waals surface area contributed by atoms with Crippen molar-refractivity contribution < 1.29 is 4.79 Å². The molecular weight excluding hydrogens is 448 g/mol. The van der Waals surface area contributed by atoms with E-state index in [9.17, 15) is 4.79 Å². The van der Waals surface area contributed by atoms with Crippen LogP contribution in [0.1, 0.15) is 54.6 Å². The van der Waals surface area contributed by atoms with Gasteiger partial charge < -0.3 is 10.2 Å². The number of hydrogen-bond donors (Lipinski definition) is 1. The molecule has 0 radical (unpaired) electrons. The summed E-state index contributed by atoms with van der Waals surface area (Å²) in [6.07, 6.45) is 6.85. The second-order valence-electron chi connectivity index (χ2n) is 9.56. The lowest BCUT2D eigenvalue weighted by Gasteiger charge is -2.32. The van der Waals surface area contributed by atoms with Crippen molar-refractivity contribution in [3.63, 3.8) is 0 Å². The zero-order chi connectivity index (χ0) is 23.5. The molecule has 1 aromatic carbocycles. The van der Waals surface area contributed by atoms with Gasteiger partial charge in [-0.05, 0) is 55.5 Å². The normalized spacial score (nSPS) is 18.2. The van der Waals surface area contributed by atoms with Crippen molar-refractivity contribution in [1.29, 1.82) is 0 Å². The van der Waals surface area contributed by atoms with E-state index in [1.54, 1.807) is 4.68 Å². The summed E-state index contributed by atoms with van der Waals surface area (Å²) in [5, 5.41) is 9.34. The number of nitrogens with one attached hydrogen (secondary N) is 1. The Balaban J connectivity index is 1.21. The average Bonchev–Trinajstić information content (AvgIpc) is 3.01. The van der Waals surface area contributed by atoms with Gasteiger partial charge in [-0.1, -0.05) is 36.6 Å². The molecule has 5 rings (SSSR count). The largest absolute Gasteiger partial charge is 0.357 e. The molecule has 180 valence electrons. The number of pyridine rings is 1. The van der Waals surface area contributed by atoms with Crippen molar-refractivity contribution in [2.75, 3.05) is 31.1 Å². The quantitative estimate of drug-likeness (QED) is 0.586. The van der Waals surface area contributed by atoms with Gasteiger partial charge in [0.05, 0.1) is 5.39 Å². The molecule has 2 aliphatic rings. The lowest BCUT2D eigenvalue weighted by Crippen LogP contribution is -2.44. The lowest BCUT2D eigenvalue weighted by molar-refractivity contribution is 0.0904. The SMILES string of the molecule is Cn1nc(C(=O)NC2CCN(Cc3ccc(Cl)cc3)CC2)c2ccc(N3CCCCCC3)nc21. The van der Waals surface area contributed by atoms with Gasteiger partial charge in [-0.15, -0.1) is 0 Å². The number of aromatic nitrogens is 3. The monoisotopic (exact) mass is 480 g/mol. The van der Waals surface area contributed by atoms with Crippen LogP contribution in [0.4, 0.5) is 5.82 Å². The van der Waals surface area contributed by atoms with Crippen LogP contribution in [0.5, 0.6) is 0 Å². The van der Waals surface area contributed by atoms with Crippen LogP contribution in [0.25, 0.3) is 11.0 Å². The maximum atomic E-state index is 13.1. The second kappa shape index (κ2) is 10.3. The fourth-order valence-electron chi connectivity index (χ4n) is 5.10. The molecule has 8 heteroatoms. The van der Waals surface area contributed by atoms with Crippen LogP contribution in [0.2, 0.25) is 5.02 Å². The van der Waals surface area contributed by atoms with E-state index in [0.29, 0.717) is 5.69 Å². The molecule has 0 unspecified atom stereocenters. The first-order chi connectivity index (χ1) is 16.6. The Kier molecular flexibility index (Phi) is 7.02. The van der Waals surface area contributed by atoms with Gasteiger partial charge in [0.1, 0.15) is 5.82 Å². The number of rotatable bonds is 5. The number of fused-ring (bicyclic) bond motifs is 1. The first kappa shape index (κ1) is 23.1. The van der Waals surface area contributed by atoms with Crippen LogP contribution in [0.3, 0.4) is 0 Å². The van der Waals surface area contributed by atoms with Crippen LogP contribution in [0.15, 0.2) is 36.4 Å². The van der Waals surface area contributed by atoms with E-state index >= 15 is 0 Å². The number of carbonyl (C=O) groups is 1. The number of aryl methyl sites for hydroxylation is 1. The van der Waals surface area contributed by atoms with Gasteiger partial charge in [0.15, 0.2) is 11.3 Å². The van der Waals surface area contributed by atoms with Crippen LogP contribution in [-0.4, -0.2) is 57.8 Å². The fourth-order valence-corrected chi connectivity index (χ4v) is 5.23. The van der Waals surface area contributed by atoms with E-state index in [4.69, 9.17) is 16.6 Å². The molecule has 0 aliphatic carbocycles. The van der Waals surface area contributed by atoms with Gasteiger partial charge in [-0.2, -0.15) is 5.10 Å². The Morgan fingerprint density at radius 1 is 1.00 bits per heavy atom. The van der Waals surface area contributed by atoms with Gasteiger partial charge in [0, 0.05) is 50.8 Å². The van der Waals surface area contributed by atoms with Gasteiger partial charge in [0.2, 0.25) is 0 Å². The number of carbonyl (C=O) groups excluding carboxylic acids is 1. The number of anilines is 1. The maximum absolute atomic E-state index is 13.1. The molecule has 2 aromatic heterocycles. The first-order valence-electron chi connectivity index (χ1n) is 12.4. The Morgan fingerprint density at radius 3 is 2.41 bits per heavy atom. The average molecular weight is 481 g/mol. The predicted octanol–water partition coefficient (Wildman–Crippen LogP) is 4.40. The standard InChI is InChI=1S/C26H33ClN6O/c1-31-25-22(10-11-23(29-25)33-14-4-2-3-5-15-33)24(30-31)26(34)28-21-12-16-32(17-13-21)18-19-6-8-20(27)9-7-19/h6-11,21H,2-5,12-18H2,1H3,(H,28,34). The van der Waals surface area contributed by atoms with Crippen LogP contribution < -0.4 is 10.2 Å². The molecule has 0 atom stereocenters. The molecule has 4 heterocycles. The minimum atomic E-state index is -0.105. The highest BCUT2D eigenvalue weighted by molar-refractivity contribution is 6.30. The predicted molar refractivity (Wildman–Crippen MR) is 136 cm³/mol. The van der Waals surface area contributed by atoms with Crippen LogP contribution in [0, 0.1) is 0 Å². The summed E-state index contributed by atoms with van der Waals surface area (Å²) in [5.74, 6) is 0.878. The summed E-state index contributed by atoms with van der Waals surface area (Å²) < 4.78 is 1.74. The fraction of sp³-hybridized carbons (Fsp3) is 0.500. The number of piperidine rings is 1. The number of likely N-dealkylation sites (tertiary alicyclic amines) is 1. The van der Waals surface area contributed by atoms with Gasteiger partial charge >= 0.3 is 0 Å². The number of hydrogen-bond acceptors (Lipinski definition) is 5. The van der Waals surface area contributed by atoms with Crippen molar-refractivity contribution in [1.82, 2.24) is 25.0 Å². The van der Waals surface area contributed by atoms with Gasteiger partial charge in [-0.3, -0.25) is 9.69 Å². The Hall–Kier alpha value is -2.64. The maximum Gasteiger partial charge on any atom is 0.272 e. The molecule has 2 aliphatic heterocycles. The number of halogens is 1. The van der Waals surface area contributed by atoms with Gasteiger partial charge in [-0.25, -0.2) is 9.67 Å². The molecule has 34 heavy (non-hydrogen) atoms. The molecule has 3 aromatic rings. The number of amides is 1. The molecule has 0 spiro atoms. The summed E-state index contributed by atoms with van der Waals surface area (Å²) in [5.41, 5.74) is 2.50. The zero-order valence-electron chi connectivity index (χ0n) is 19.8. The van der Waals surface area contributed by atoms with E-state index in [2.05, 4.69) is 32.3 Å². The van der Waals surface area contributed by atoms with Crippen LogP contribution in [-0.2, 0) is 13.6 Å². The van der Waals surface area contributed by atoms with E-state index in [-0.39, 0.29) is 11.9 Å². The number of nitrogens with zero attached hydrogens (tertiary/aromatic N) is 5. The van der Waals surface area contributed by atoms with Gasteiger partial charge in [0.25, 0.3) is 5.91 Å². The second-order valence-corrected chi connectivity index (χ2v) is 10.0. The van der Waals surface area contributed by atoms with E-state index < -0.39 is 0 Å². The molecule has 2 fully saturated rings. The van der Waals surface area contributed by atoms with Crippen molar-refractivity contribution in [2.45, 2.75) is 51.1 Å². The first-order valence-corrected chi connectivity index (χ1v) is 12.8. The molecule has 0 bridgehead atoms. The Morgan fingerprint density at radius 2 is 1.71 bits per heavy atom. The third kappa shape index (κ3) is 5.20. The molecule has 1 N–H and O–H groups in total. The van der Waals surface area contributed by atoms with Crippen molar-refractivity contribution in [3.8, 4) is 0 Å². The van der Waals surface area contributed by atoms with E-state index in [1.807, 2.05) is 31.3 Å². The van der Waals surface area contributed by atoms with E-state index in [0.717, 1.165) is 67.4 Å². The highest BCUT2D eigenvalue weighted by Crippen LogP contribution is 2.24. The lowest BCUT2D eigenvalue weighted by atomic mass is 10.0. The van der Waals surface area contributed by atoms with Crippen molar-refractivity contribution in [3.05, 3.63) is 52.7 Å². The van der Waals surface area contributed by atoms with Crippen molar-refractivity contribution >= 4 is 34.4 Å². The molecule has 2 saturated heterocycles. The number of benzene rings is 1. The summed E-state index contributed by atoms with van der Waals surface area (Å²) in [4.78, 5) is 22.8. The Bertz CT molecular complexity index is 1130. The molecular formula is C26H33ClN6O.